The molecule has 348 valence electrons. The highest BCUT2D eigenvalue weighted by Crippen LogP contribution is 2.36. The van der Waals surface area contributed by atoms with Gasteiger partial charge in [-0.2, -0.15) is 0 Å². The lowest BCUT2D eigenvalue weighted by Gasteiger charge is -2.29. The van der Waals surface area contributed by atoms with Gasteiger partial charge in [-0.3, -0.25) is 15.0 Å². The summed E-state index contributed by atoms with van der Waals surface area (Å²) in [6.07, 6.45) is 5.41. The van der Waals surface area contributed by atoms with E-state index in [2.05, 4.69) is 95.3 Å². The second kappa shape index (κ2) is 21.3. The van der Waals surface area contributed by atoms with Crippen LogP contribution in [0.2, 0.25) is 5.02 Å². The summed E-state index contributed by atoms with van der Waals surface area (Å²) in [5.41, 5.74) is 23.4. The SMILES string of the molecule is Clc1ccnc2ccc(Br)cc12.Nc1nnc(-c2ccc3nccc(N4CCOCC4)c3c2)c(-c2ccccc2)n1.Nc1nnc(-c2ccc3nccc(N4CCOCC4)c3c2)c(-c2ccccc2)n1. The largest absolute Gasteiger partial charge is 0.378 e. The first-order chi connectivity index (χ1) is 34.4. The van der Waals surface area contributed by atoms with E-state index in [0.29, 0.717) is 22.8 Å². The molecule has 0 radical (unpaired) electrons. The number of hydrogen-bond donors (Lipinski definition) is 2. The molecule has 70 heavy (non-hydrogen) atoms. The fraction of sp³-hybridized carbons (Fsp3) is 0.151. The molecule has 0 unspecified atom stereocenters. The third-order valence-electron chi connectivity index (χ3n) is 11.8. The van der Waals surface area contributed by atoms with Crippen molar-refractivity contribution in [3.05, 3.63) is 162 Å². The van der Waals surface area contributed by atoms with E-state index in [1.165, 1.54) is 0 Å². The Morgan fingerprint density at radius 2 is 0.871 bits per heavy atom. The normalized spacial score (nSPS) is 13.6. The third-order valence-corrected chi connectivity index (χ3v) is 12.7. The van der Waals surface area contributed by atoms with E-state index in [1.807, 2.05) is 116 Å². The Balaban J connectivity index is 0.000000132. The van der Waals surface area contributed by atoms with Crippen LogP contribution in [0.25, 0.3) is 77.7 Å². The number of pyridine rings is 3. The van der Waals surface area contributed by atoms with Gasteiger partial charge < -0.3 is 30.7 Å². The van der Waals surface area contributed by atoms with Gasteiger partial charge in [-0.15, -0.1) is 20.4 Å². The van der Waals surface area contributed by atoms with Gasteiger partial charge in [-0.05, 0) is 60.7 Å². The lowest BCUT2D eigenvalue weighted by Crippen LogP contribution is -2.36. The number of nitrogen functional groups attached to an aromatic ring is 2. The number of morpholine rings is 2. The van der Waals surface area contributed by atoms with Crippen LogP contribution < -0.4 is 21.3 Å². The second-order valence-electron chi connectivity index (χ2n) is 16.2. The number of benzene rings is 5. The average Bonchev–Trinajstić information content (AvgIpc) is 3.42. The van der Waals surface area contributed by atoms with Crippen LogP contribution in [0.3, 0.4) is 0 Å². The van der Waals surface area contributed by atoms with Crippen LogP contribution in [0.4, 0.5) is 23.3 Å². The molecule has 0 aliphatic carbocycles. The molecule has 12 rings (SSSR count). The Labute approximate surface area is 416 Å². The Bertz CT molecular complexity index is 3250. The van der Waals surface area contributed by atoms with Crippen LogP contribution in [-0.4, -0.2) is 97.9 Å². The number of hydrogen-bond acceptors (Lipinski definition) is 15. The summed E-state index contributed by atoms with van der Waals surface area (Å²) in [6.45, 7) is 6.38. The summed E-state index contributed by atoms with van der Waals surface area (Å²) in [5.74, 6) is 0.313. The van der Waals surface area contributed by atoms with Gasteiger partial charge in [0.15, 0.2) is 0 Å². The van der Waals surface area contributed by atoms with Crippen molar-refractivity contribution in [3.8, 4) is 45.0 Å². The molecule has 0 bridgehead atoms. The van der Waals surface area contributed by atoms with Crippen molar-refractivity contribution in [1.82, 2.24) is 45.3 Å². The molecule has 5 aromatic carbocycles. The molecular weight excluding hydrogens is 966 g/mol. The van der Waals surface area contributed by atoms with Gasteiger partial charge in [0, 0.05) is 99.0 Å². The van der Waals surface area contributed by atoms with Crippen molar-refractivity contribution in [2.75, 3.05) is 73.9 Å². The molecule has 4 N–H and O–H groups in total. The van der Waals surface area contributed by atoms with E-state index in [-0.39, 0.29) is 11.9 Å². The molecule has 7 heterocycles. The maximum atomic E-state index is 5.97. The molecule has 5 aromatic heterocycles. The van der Waals surface area contributed by atoms with E-state index < -0.39 is 0 Å². The van der Waals surface area contributed by atoms with Crippen LogP contribution in [0.1, 0.15) is 0 Å². The quantitative estimate of drug-likeness (QED) is 0.160. The molecule has 0 saturated carbocycles. The van der Waals surface area contributed by atoms with Gasteiger partial charge in [0.1, 0.15) is 22.8 Å². The summed E-state index contributed by atoms with van der Waals surface area (Å²) >= 11 is 9.35. The molecule has 2 fully saturated rings. The van der Waals surface area contributed by atoms with Gasteiger partial charge in [0.05, 0.1) is 48.0 Å². The molecule has 10 aromatic rings. The summed E-state index contributed by atoms with van der Waals surface area (Å²) < 4.78 is 12.0. The first-order valence-corrected chi connectivity index (χ1v) is 23.8. The zero-order valence-electron chi connectivity index (χ0n) is 37.7. The minimum absolute atomic E-state index is 0.157. The first kappa shape index (κ1) is 46.0. The van der Waals surface area contributed by atoms with Crippen LogP contribution in [0.5, 0.6) is 0 Å². The van der Waals surface area contributed by atoms with Gasteiger partial charge in [-0.1, -0.05) is 100 Å². The maximum Gasteiger partial charge on any atom is 0.240 e. The van der Waals surface area contributed by atoms with Gasteiger partial charge in [-0.25, -0.2) is 9.97 Å². The monoisotopic (exact) mass is 1010 g/mol. The predicted molar refractivity (Wildman–Crippen MR) is 281 cm³/mol. The van der Waals surface area contributed by atoms with Crippen molar-refractivity contribution < 1.29 is 9.47 Å². The van der Waals surface area contributed by atoms with Gasteiger partial charge in [0.25, 0.3) is 0 Å². The molecule has 17 heteroatoms. The average molecular weight is 1010 g/mol. The second-order valence-corrected chi connectivity index (χ2v) is 17.6. The molecule has 2 saturated heterocycles. The number of aromatic nitrogens is 9. The smallest absolute Gasteiger partial charge is 0.240 e. The number of anilines is 4. The molecular formula is C53H45BrClN13O2. The number of nitrogens with two attached hydrogens (primary N) is 2. The van der Waals surface area contributed by atoms with Crippen LogP contribution in [-0.2, 0) is 9.47 Å². The fourth-order valence-corrected chi connectivity index (χ4v) is 9.03. The molecule has 2 aliphatic rings. The van der Waals surface area contributed by atoms with Crippen LogP contribution in [0, 0.1) is 0 Å². The zero-order valence-corrected chi connectivity index (χ0v) is 40.1. The van der Waals surface area contributed by atoms with Crippen LogP contribution in [0.15, 0.2) is 157 Å². The Morgan fingerprint density at radius 3 is 1.34 bits per heavy atom. The molecule has 0 atom stereocenters. The third kappa shape index (κ3) is 10.3. The lowest BCUT2D eigenvalue weighted by atomic mass is 10.0. The van der Waals surface area contributed by atoms with E-state index >= 15 is 0 Å². The van der Waals surface area contributed by atoms with Crippen LogP contribution >= 0.6 is 27.5 Å². The predicted octanol–water partition coefficient (Wildman–Crippen LogP) is 10.00. The Morgan fingerprint density at radius 1 is 0.443 bits per heavy atom. The van der Waals surface area contributed by atoms with Crippen molar-refractivity contribution >= 4 is 83.5 Å². The summed E-state index contributed by atoms with van der Waals surface area (Å²) in [5, 5.41) is 20.6. The van der Waals surface area contributed by atoms with Gasteiger partial charge >= 0.3 is 0 Å². The van der Waals surface area contributed by atoms with Crippen molar-refractivity contribution in [1.29, 1.82) is 0 Å². The number of fused-ring (bicyclic) bond motifs is 3. The number of rotatable bonds is 6. The van der Waals surface area contributed by atoms with Crippen molar-refractivity contribution in [2.45, 2.75) is 0 Å². The minimum Gasteiger partial charge on any atom is -0.378 e. The minimum atomic E-state index is 0.157. The highest BCUT2D eigenvalue weighted by molar-refractivity contribution is 9.10. The van der Waals surface area contributed by atoms with E-state index in [4.69, 9.17) is 32.5 Å². The molecule has 15 nitrogen and oxygen atoms in total. The fourth-order valence-electron chi connectivity index (χ4n) is 8.46. The van der Waals surface area contributed by atoms with Crippen molar-refractivity contribution in [3.63, 3.8) is 0 Å². The maximum absolute atomic E-state index is 5.97. The van der Waals surface area contributed by atoms with Crippen molar-refractivity contribution in [2.24, 2.45) is 0 Å². The summed E-state index contributed by atoms with van der Waals surface area (Å²) in [4.78, 5) is 26.9. The summed E-state index contributed by atoms with van der Waals surface area (Å²) in [7, 11) is 0. The Kier molecular flexibility index (Phi) is 14.0. The lowest BCUT2D eigenvalue weighted by molar-refractivity contribution is 0.122. The number of halogens is 2. The highest BCUT2D eigenvalue weighted by atomic mass is 79.9. The van der Waals surface area contributed by atoms with E-state index in [0.717, 1.165) is 128 Å². The number of ether oxygens (including phenoxy) is 2. The highest BCUT2D eigenvalue weighted by Gasteiger charge is 2.20. The van der Waals surface area contributed by atoms with Gasteiger partial charge in [0.2, 0.25) is 11.9 Å². The van der Waals surface area contributed by atoms with E-state index in [1.54, 1.807) is 12.3 Å². The number of nitrogens with zero attached hydrogens (tertiary/aromatic N) is 11. The standard InChI is InChI=1S/2C22H20N6O.C9H5BrClN/c2*23-22-25-20(15-4-2-1-3-5-15)21(26-27-22)16-6-7-18-17(14-16)19(8-9-24-18)28-10-12-29-13-11-28;10-6-1-2-9-7(5-6)8(11)3-4-12-9/h2*1-9,14H,10-13H2,(H2,23,25,27);1-5H. The zero-order chi connectivity index (χ0) is 47.8. The molecule has 0 spiro atoms. The molecule has 0 amide bonds. The molecule has 2 aliphatic heterocycles. The Hall–Kier alpha value is -7.76. The van der Waals surface area contributed by atoms with E-state index in [9.17, 15) is 0 Å². The summed E-state index contributed by atoms with van der Waals surface area (Å²) in [6, 6.07) is 43.8. The topological polar surface area (TPSA) is 193 Å². The first-order valence-electron chi connectivity index (χ1n) is 22.6.